The molecule has 0 spiro atoms. The minimum absolute atomic E-state index is 0.335. The molecule has 1 heterocycles. The molecule has 0 radical (unpaired) electrons. The highest BCUT2D eigenvalue weighted by Crippen LogP contribution is 2.12. The molecular weight excluding hydrogens is 328 g/mol. The van der Waals surface area contributed by atoms with Crippen LogP contribution in [0.3, 0.4) is 0 Å². The lowest BCUT2D eigenvalue weighted by atomic mass is 10.1. The Morgan fingerprint density at radius 1 is 1.33 bits per heavy atom. The Balaban J connectivity index is 1.96. The first kappa shape index (κ1) is 18.1. The van der Waals surface area contributed by atoms with Gasteiger partial charge in [0, 0.05) is 6.20 Å². The van der Waals surface area contributed by atoms with E-state index in [1.807, 2.05) is 30.3 Å². The number of nitrogens with one attached hydrogen (secondary N) is 1. The Morgan fingerprint density at radius 3 is 2.71 bits per heavy atom. The van der Waals surface area contributed by atoms with Gasteiger partial charge in [0.05, 0.1) is 5.25 Å². The van der Waals surface area contributed by atoms with E-state index < -0.39 is 29.7 Å². The molecule has 1 aliphatic heterocycles. The van der Waals surface area contributed by atoms with Crippen molar-refractivity contribution < 1.29 is 19.5 Å². The second-order valence-electron chi connectivity index (χ2n) is 5.59. The summed E-state index contributed by atoms with van der Waals surface area (Å²) in [5.74, 6) is -1.85. The van der Waals surface area contributed by atoms with Gasteiger partial charge in [-0.15, -0.1) is 0 Å². The smallest absolute Gasteiger partial charge is 0.323 e. The zero-order valence-corrected chi connectivity index (χ0v) is 14.0. The van der Waals surface area contributed by atoms with Crippen LogP contribution in [0, 0.1) is 0 Å². The molecule has 24 heavy (non-hydrogen) atoms. The third kappa shape index (κ3) is 5.13. The normalized spacial score (nSPS) is 18.8. The predicted octanol–water partition coefficient (Wildman–Crippen LogP) is 1.23. The van der Waals surface area contributed by atoms with Crippen molar-refractivity contribution in [2.45, 2.75) is 30.6 Å². The standard InChI is InChI=1S/C17H20N2O4S/c20-15(21)11-19-9-5-4-8-13(17(19)23)18-16(22)14(24)10-12-6-2-1-3-7-12/h1-3,5-7,9,13-14,24H,4,8,10-11H2,(H,18,22)(H,20,21). The maximum atomic E-state index is 12.4. The number of hydrogen-bond donors (Lipinski definition) is 3. The largest absolute Gasteiger partial charge is 0.480 e. The Kier molecular flexibility index (Phi) is 6.43. The maximum Gasteiger partial charge on any atom is 0.323 e. The van der Waals surface area contributed by atoms with E-state index in [4.69, 9.17) is 5.11 Å². The molecule has 2 rings (SSSR count). The second kappa shape index (κ2) is 8.54. The van der Waals surface area contributed by atoms with E-state index in [2.05, 4.69) is 17.9 Å². The van der Waals surface area contributed by atoms with Crippen molar-refractivity contribution in [3.05, 3.63) is 48.2 Å². The summed E-state index contributed by atoms with van der Waals surface area (Å²) in [6.45, 7) is -0.421. The van der Waals surface area contributed by atoms with Crippen molar-refractivity contribution in [1.82, 2.24) is 10.2 Å². The van der Waals surface area contributed by atoms with Crippen LogP contribution < -0.4 is 5.32 Å². The molecule has 2 unspecified atom stereocenters. The lowest BCUT2D eigenvalue weighted by Gasteiger charge is -2.23. The van der Waals surface area contributed by atoms with Crippen molar-refractivity contribution in [3.63, 3.8) is 0 Å². The Morgan fingerprint density at radius 2 is 2.04 bits per heavy atom. The maximum absolute atomic E-state index is 12.4. The fraction of sp³-hybridized carbons (Fsp3) is 0.353. The fourth-order valence-corrected chi connectivity index (χ4v) is 2.76. The van der Waals surface area contributed by atoms with E-state index in [-0.39, 0.29) is 5.91 Å². The van der Waals surface area contributed by atoms with Gasteiger partial charge in [0.2, 0.25) is 11.8 Å². The molecule has 2 amide bonds. The van der Waals surface area contributed by atoms with E-state index in [1.54, 1.807) is 6.08 Å². The first-order chi connectivity index (χ1) is 11.5. The van der Waals surface area contributed by atoms with Crippen molar-refractivity contribution >= 4 is 30.4 Å². The monoisotopic (exact) mass is 348 g/mol. The molecule has 0 saturated carbocycles. The SMILES string of the molecule is O=C(O)CN1C=CCCC(NC(=O)C(S)Cc2ccccc2)C1=O. The number of allylic oxidation sites excluding steroid dienone is 1. The topological polar surface area (TPSA) is 86.7 Å². The van der Waals surface area contributed by atoms with Crippen LogP contribution in [0.2, 0.25) is 0 Å². The third-order valence-electron chi connectivity index (χ3n) is 3.69. The van der Waals surface area contributed by atoms with Gasteiger partial charge in [-0.05, 0) is 24.8 Å². The van der Waals surface area contributed by atoms with Gasteiger partial charge in [0.25, 0.3) is 0 Å². The molecule has 0 saturated heterocycles. The van der Waals surface area contributed by atoms with Crippen LogP contribution in [-0.2, 0) is 20.8 Å². The Hall–Kier alpha value is -2.28. The number of benzene rings is 1. The lowest BCUT2D eigenvalue weighted by molar-refractivity contribution is -0.143. The van der Waals surface area contributed by atoms with Gasteiger partial charge < -0.3 is 15.3 Å². The summed E-state index contributed by atoms with van der Waals surface area (Å²) >= 11 is 4.32. The summed E-state index contributed by atoms with van der Waals surface area (Å²) in [4.78, 5) is 36.6. The van der Waals surface area contributed by atoms with Crippen LogP contribution >= 0.6 is 12.6 Å². The van der Waals surface area contributed by atoms with E-state index in [0.717, 1.165) is 10.5 Å². The number of amides is 2. The van der Waals surface area contributed by atoms with Crippen LogP contribution in [-0.4, -0.2) is 45.6 Å². The van der Waals surface area contributed by atoms with Gasteiger partial charge in [-0.2, -0.15) is 12.6 Å². The van der Waals surface area contributed by atoms with Crippen molar-refractivity contribution in [3.8, 4) is 0 Å². The highest BCUT2D eigenvalue weighted by atomic mass is 32.1. The molecule has 2 N–H and O–H groups in total. The van der Waals surface area contributed by atoms with Crippen LogP contribution in [0.4, 0.5) is 0 Å². The summed E-state index contributed by atoms with van der Waals surface area (Å²) in [7, 11) is 0. The van der Waals surface area contributed by atoms with Crippen LogP contribution in [0.15, 0.2) is 42.6 Å². The minimum Gasteiger partial charge on any atom is -0.480 e. The number of carbonyl (C=O) groups excluding carboxylic acids is 2. The zero-order valence-electron chi connectivity index (χ0n) is 13.1. The van der Waals surface area contributed by atoms with Crippen LogP contribution in [0.25, 0.3) is 0 Å². The van der Waals surface area contributed by atoms with Crippen molar-refractivity contribution in [1.29, 1.82) is 0 Å². The average Bonchev–Trinajstić information content (AvgIpc) is 2.71. The molecule has 0 aromatic heterocycles. The molecule has 1 aromatic carbocycles. The van der Waals surface area contributed by atoms with Gasteiger partial charge in [0.15, 0.2) is 0 Å². The number of rotatable bonds is 6. The van der Waals surface area contributed by atoms with Crippen molar-refractivity contribution in [2.75, 3.05) is 6.54 Å². The number of aliphatic carboxylic acids is 1. The van der Waals surface area contributed by atoms with E-state index >= 15 is 0 Å². The minimum atomic E-state index is -1.10. The molecule has 0 fully saturated rings. The number of hydrogen-bond acceptors (Lipinski definition) is 4. The molecule has 6 nitrogen and oxygen atoms in total. The quantitative estimate of drug-likeness (QED) is 0.675. The molecule has 7 heteroatoms. The third-order valence-corrected chi connectivity index (χ3v) is 4.10. The molecule has 2 atom stereocenters. The molecule has 128 valence electrons. The van der Waals surface area contributed by atoms with Crippen LogP contribution in [0.1, 0.15) is 18.4 Å². The molecule has 1 aliphatic rings. The fourth-order valence-electron chi connectivity index (χ4n) is 2.47. The summed E-state index contributed by atoms with van der Waals surface area (Å²) < 4.78 is 0. The lowest BCUT2D eigenvalue weighted by Crippen LogP contribution is -2.49. The molecule has 1 aromatic rings. The molecule has 0 bridgehead atoms. The summed E-state index contributed by atoms with van der Waals surface area (Å²) in [6, 6.07) is 8.75. The van der Waals surface area contributed by atoms with Gasteiger partial charge in [-0.25, -0.2) is 0 Å². The van der Waals surface area contributed by atoms with E-state index in [9.17, 15) is 14.4 Å². The zero-order chi connectivity index (χ0) is 17.5. The Labute approximate surface area is 145 Å². The number of thiol groups is 1. The number of nitrogens with zero attached hydrogens (tertiary/aromatic N) is 1. The number of carboxylic acid groups (broad SMARTS) is 1. The van der Waals surface area contributed by atoms with Crippen molar-refractivity contribution in [2.24, 2.45) is 0 Å². The molecular formula is C17H20N2O4S. The van der Waals surface area contributed by atoms with Gasteiger partial charge in [0.1, 0.15) is 12.6 Å². The predicted molar refractivity (Wildman–Crippen MR) is 92.6 cm³/mol. The van der Waals surface area contributed by atoms with Gasteiger partial charge in [-0.3, -0.25) is 14.4 Å². The number of carboxylic acids is 1. The highest BCUT2D eigenvalue weighted by molar-refractivity contribution is 7.81. The first-order valence-corrected chi connectivity index (χ1v) is 8.20. The van der Waals surface area contributed by atoms with E-state index in [1.165, 1.54) is 6.20 Å². The average molecular weight is 348 g/mol. The summed E-state index contributed by atoms with van der Waals surface area (Å²) in [6.07, 6.45) is 4.67. The van der Waals surface area contributed by atoms with Crippen LogP contribution in [0.5, 0.6) is 0 Å². The summed E-state index contributed by atoms with van der Waals surface area (Å²) in [5, 5.41) is 11.0. The number of carbonyl (C=O) groups is 3. The summed E-state index contributed by atoms with van der Waals surface area (Å²) in [5.41, 5.74) is 0.981. The van der Waals surface area contributed by atoms with Gasteiger partial charge >= 0.3 is 5.97 Å². The molecule has 0 aliphatic carbocycles. The highest BCUT2D eigenvalue weighted by Gasteiger charge is 2.28. The first-order valence-electron chi connectivity index (χ1n) is 7.68. The van der Waals surface area contributed by atoms with Gasteiger partial charge in [-0.1, -0.05) is 36.4 Å². The Bertz CT molecular complexity index is 633. The van der Waals surface area contributed by atoms with E-state index in [0.29, 0.717) is 19.3 Å². The second-order valence-corrected chi connectivity index (χ2v) is 6.21.